The van der Waals surface area contributed by atoms with E-state index in [1.807, 2.05) is 18.2 Å². The number of rotatable bonds is 4. The van der Waals surface area contributed by atoms with E-state index < -0.39 is 10.0 Å². The Morgan fingerprint density at radius 2 is 1.80 bits per heavy atom. The Balaban J connectivity index is 1.83. The largest absolute Gasteiger partial charge is 0.334 e. The highest BCUT2D eigenvalue weighted by Gasteiger charge is 2.23. The molecule has 0 saturated heterocycles. The maximum absolute atomic E-state index is 12.8. The van der Waals surface area contributed by atoms with Crippen LogP contribution in [0.4, 0.5) is 0 Å². The van der Waals surface area contributed by atoms with Crippen LogP contribution in [0.25, 0.3) is 0 Å². The lowest BCUT2D eigenvalue weighted by molar-refractivity contribution is 0.0734. The zero-order valence-electron chi connectivity index (χ0n) is 14.4. The van der Waals surface area contributed by atoms with Crippen molar-refractivity contribution in [3.8, 4) is 0 Å². The SMILES string of the molecule is CC(C)NS(=O)(=O)c1cccc(C(=O)N2CCc3ccccc3C2)c1. The summed E-state index contributed by atoms with van der Waals surface area (Å²) in [6.07, 6.45) is 0.814. The van der Waals surface area contributed by atoms with Gasteiger partial charge in [-0.25, -0.2) is 13.1 Å². The molecular formula is C19H22N2O3S. The summed E-state index contributed by atoms with van der Waals surface area (Å²) in [4.78, 5) is 14.7. The van der Waals surface area contributed by atoms with Crippen molar-refractivity contribution in [1.82, 2.24) is 9.62 Å². The molecule has 0 fully saturated rings. The second-order valence-electron chi connectivity index (χ2n) is 6.55. The number of sulfonamides is 1. The minimum atomic E-state index is -3.62. The third-order valence-electron chi connectivity index (χ3n) is 4.20. The van der Waals surface area contributed by atoms with Crippen molar-refractivity contribution in [2.45, 2.75) is 37.8 Å². The minimum absolute atomic E-state index is 0.115. The molecule has 0 bridgehead atoms. The first-order chi connectivity index (χ1) is 11.9. The Bertz CT molecular complexity index is 891. The van der Waals surface area contributed by atoms with Gasteiger partial charge in [-0.2, -0.15) is 0 Å². The maximum Gasteiger partial charge on any atom is 0.254 e. The highest BCUT2D eigenvalue weighted by molar-refractivity contribution is 7.89. The van der Waals surface area contributed by atoms with Crippen LogP contribution in [0.3, 0.4) is 0 Å². The van der Waals surface area contributed by atoms with Gasteiger partial charge in [0.25, 0.3) is 5.91 Å². The quantitative estimate of drug-likeness (QED) is 0.913. The van der Waals surface area contributed by atoms with E-state index in [1.54, 1.807) is 30.9 Å². The molecule has 0 unspecified atom stereocenters. The Labute approximate surface area is 148 Å². The molecule has 25 heavy (non-hydrogen) atoms. The van der Waals surface area contributed by atoms with Crippen LogP contribution < -0.4 is 4.72 Å². The fourth-order valence-corrected chi connectivity index (χ4v) is 4.32. The highest BCUT2D eigenvalue weighted by Crippen LogP contribution is 2.21. The topological polar surface area (TPSA) is 66.5 Å². The predicted molar refractivity (Wildman–Crippen MR) is 96.8 cm³/mol. The molecule has 0 aliphatic carbocycles. The first-order valence-corrected chi connectivity index (χ1v) is 9.83. The summed E-state index contributed by atoms with van der Waals surface area (Å²) in [5, 5.41) is 0. The van der Waals surface area contributed by atoms with Crippen LogP contribution in [-0.2, 0) is 23.0 Å². The van der Waals surface area contributed by atoms with Crippen molar-refractivity contribution in [2.24, 2.45) is 0 Å². The molecule has 6 heteroatoms. The number of benzene rings is 2. The van der Waals surface area contributed by atoms with E-state index in [0.29, 0.717) is 18.7 Å². The van der Waals surface area contributed by atoms with Crippen molar-refractivity contribution in [1.29, 1.82) is 0 Å². The van der Waals surface area contributed by atoms with Gasteiger partial charge in [0.1, 0.15) is 0 Å². The zero-order valence-corrected chi connectivity index (χ0v) is 15.2. The molecule has 0 aromatic heterocycles. The number of amides is 1. The third kappa shape index (κ3) is 3.91. The van der Waals surface area contributed by atoms with E-state index in [2.05, 4.69) is 10.8 Å². The predicted octanol–water partition coefficient (Wildman–Crippen LogP) is 2.57. The van der Waals surface area contributed by atoms with Crippen LogP contribution in [0.2, 0.25) is 0 Å². The smallest absolute Gasteiger partial charge is 0.254 e. The Kier molecular flexibility index (Phi) is 4.92. The van der Waals surface area contributed by atoms with Crippen LogP contribution in [-0.4, -0.2) is 31.8 Å². The van der Waals surface area contributed by atoms with Crippen molar-refractivity contribution in [3.05, 3.63) is 65.2 Å². The van der Waals surface area contributed by atoms with Gasteiger partial charge in [-0.05, 0) is 49.6 Å². The molecule has 1 heterocycles. The molecule has 2 aromatic carbocycles. The number of hydrogen-bond donors (Lipinski definition) is 1. The number of hydrogen-bond acceptors (Lipinski definition) is 3. The second-order valence-corrected chi connectivity index (χ2v) is 8.26. The van der Waals surface area contributed by atoms with E-state index in [1.165, 1.54) is 17.7 Å². The lowest BCUT2D eigenvalue weighted by Gasteiger charge is -2.29. The average Bonchev–Trinajstić information content (AvgIpc) is 2.60. The summed E-state index contributed by atoms with van der Waals surface area (Å²) in [5.41, 5.74) is 2.81. The zero-order chi connectivity index (χ0) is 18.0. The van der Waals surface area contributed by atoms with E-state index in [-0.39, 0.29) is 16.8 Å². The van der Waals surface area contributed by atoms with Gasteiger partial charge in [-0.15, -0.1) is 0 Å². The molecule has 1 aliphatic heterocycles. The van der Waals surface area contributed by atoms with Gasteiger partial charge in [0, 0.05) is 24.7 Å². The Morgan fingerprint density at radius 3 is 2.52 bits per heavy atom. The lowest BCUT2D eigenvalue weighted by Crippen LogP contribution is -2.36. The summed E-state index contributed by atoms with van der Waals surface area (Å²) >= 11 is 0. The van der Waals surface area contributed by atoms with Gasteiger partial charge in [-0.3, -0.25) is 4.79 Å². The molecule has 0 radical (unpaired) electrons. The van der Waals surface area contributed by atoms with Crippen LogP contribution >= 0.6 is 0 Å². The monoisotopic (exact) mass is 358 g/mol. The Hall–Kier alpha value is -2.18. The van der Waals surface area contributed by atoms with Crippen LogP contribution in [0.5, 0.6) is 0 Å². The molecule has 132 valence electrons. The number of fused-ring (bicyclic) bond motifs is 1. The fraction of sp³-hybridized carbons (Fsp3) is 0.316. The van der Waals surface area contributed by atoms with Crippen molar-refractivity contribution in [2.75, 3.05) is 6.54 Å². The van der Waals surface area contributed by atoms with E-state index in [9.17, 15) is 13.2 Å². The molecule has 2 aromatic rings. The molecule has 0 atom stereocenters. The van der Waals surface area contributed by atoms with Crippen LogP contribution in [0, 0.1) is 0 Å². The maximum atomic E-state index is 12.8. The van der Waals surface area contributed by atoms with Gasteiger partial charge in [0.2, 0.25) is 10.0 Å². The molecule has 1 N–H and O–H groups in total. The van der Waals surface area contributed by atoms with E-state index in [4.69, 9.17) is 0 Å². The summed E-state index contributed by atoms with van der Waals surface area (Å²) in [5.74, 6) is -0.142. The first-order valence-electron chi connectivity index (χ1n) is 8.35. The molecule has 1 amide bonds. The molecule has 5 nitrogen and oxygen atoms in total. The van der Waals surface area contributed by atoms with Gasteiger partial charge >= 0.3 is 0 Å². The van der Waals surface area contributed by atoms with Crippen molar-refractivity contribution >= 4 is 15.9 Å². The fourth-order valence-electron chi connectivity index (χ4n) is 3.03. The standard InChI is InChI=1S/C19H22N2O3S/c1-14(2)20-25(23,24)18-9-5-8-16(12-18)19(22)21-11-10-15-6-3-4-7-17(15)13-21/h3-9,12,14,20H,10-11,13H2,1-2H3. The molecular weight excluding hydrogens is 336 g/mol. The summed E-state index contributed by atoms with van der Waals surface area (Å²) in [7, 11) is -3.62. The molecule has 0 spiro atoms. The van der Waals surface area contributed by atoms with Crippen molar-refractivity contribution < 1.29 is 13.2 Å². The van der Waals surface area contributed by atoms with Crippen molar-refractivity contribution in [3.63, 3.8) is 0 Å². The highest BCUT2D eigenvalue weighted by atomic mass is 32.2. The average molecular weight is 358 g/mol. The van der Waals surface area contributed by atoms with Gasteiger partial charge in [-0.1, -0.05) is 30.3 Å². The van der Waals surface area contributed by atoms with Gasteiger partial charge in [0.05, 0.1) is 4.90 Å². The minimum Gasteiger partial charge on any atom is -0.334 e. The number of nitrogens with zero attached hydrogens (tertiary/aromatic N) is 1. The van der Waals surface area contributed by atoms with E-state index in [0.717, 1.165) is 12.0 Å². The number of carbonyl (C=O) groups excluding carboxylic acids is 1. The summed E-state index contributed by atoms with van der Waals surface area (Å²) in [6.45, 7) is 4.71. The summed E-state index contributed by atoms with van der Waals surface area (Å²) < 4.78 is 27.2. The molecule has 1 aliphatic rings. The normalized spacial score (nSPS) is 14.4. The first kappa shape index (κ1) is 17.6. The van der Waals surface area contributed by atoms with Crippen LogP contribution in [0.15, 0.2) is 53.4 Å². The second kappa shape index (κ2) is 6.98. The summed E-state index contributed by atoms with van der Waals surface area (Å²) in [6, 6.07) is 14.1. The van der Waals surface area contributed by atoms with Gasteiger partial charge in [0.15, 0.2) is 0 Å². The third-order valence-corrected chi connectivity index (χ3v) is 5.86. The Morgan fingerprint density at radius 1 is 1.08 bits per heavy atom. The van der Waals surface area contributed by atoms with E-state index >= 15 is 0 Å². The lowest BCUT2D eigenvalue weighted by atomic mass is 9.99. The number of carbonyl (C=O) groups is 1. The van der Waals surface area contributed by atoms with Gasteiger partial charge < -0.3 is 4.90 Å². The molecule has 3 rings (SSSR count). The number of nitrogens with one attached hydrogen (secondary N) is 1. The molecule has 0 saturated carbocycles. The van der Waals surface area contributed by atoms with Crippen LogP contribution in [0.1, 0.15) is 35.3 Å².